The van der Waals surface area contributed by atoms with Gasteiger partial charge in [-0.1, -0.05) is 13.8 Å². The van der Waals surface area contributed by atoms with Crippen molar-refractivity contribution in [2.45, 2.75) is 77.5 Å². The van der Waals surface area contributed by atoms with Crippen LogP contribution in [-0.4, -0.2) is 90.5 Å². The number of benzene rings is 1. The quantitative estimate of drug-likeness (QED) is 0.0843. The number of rotatable bonds is 17. The number of carboxylic acid groups (broad SMARTS) is 3. The Morgan fingerprint density at radius 3 is 1.89 bits per heavy atom. The van der Waals surface area contributed by atoms with E-state index < -0.39 is 77.1 Å². The van der Waals surface area contributed by atoms with Gasteiger partial charge < -0.3 is 25.4 Å². The van der Waals surface area contributed by atoms with Crippen LogP contribution in [0, 0.1) is 15.5 Å². The number of carboxylic acids is 3. The Morgan fingerprint density at radius 2 is 1.43 bits per heavy atom. The lowest BCUT2D eigenvalue weighted by atomic mass is 9.77. The number of aliphatic carboxylic acids is 3. The van der Waals surface area contributed by atoms with Crippen LogP contribution in [0.5, 0.6) is 0 Å². The molecule has 17 heteroatoms. The minimum atomic E-state index is -1.95. The van der Waals surface area contributed by atoms with E-state index in [1.807, 2.05) is 0 Å². The number of ether oxygens (including phenoxy) is 1. The molecule has 44 heavy (non-hydrogen) atoms. The minimum Gasteiger partial charge on any atom is -0.481 e. The second kappa shape index (κ2) is 15.4. The van der Waals surface area contributed by atoms with E-state index in [0.29, 0.717) is 10.5 Å². The molecule has 1 saturated heterocycles. The fourth-order valence-corrected chi connectivity index (χ4v) is 4.80. The maximum Gasteiger partial charge on any atom is 0.407 e. The number of alkyl carbamates (subject to hydrolysis) is 1. The van der Waals surface area contributed by atoms with Crippen molar-refractivity contribution in [2.24, 2.45) is 5.41 Å². The van der Waals surface area contributed by atoms with Gasteiger partial charge in [0.15, 0.2) is 0 Å². The number of nitro groups is 1. The predicted octanol–water partition coefficient (Wildman–Crippen LogP) is 2.36. The predicted molar refractivity (Wildman–Crippen MR) is 147 cm³/mol. The molecule has 0 aromatic heterocycles. The largest absolute Gasteiger partial charge is 0.481 e. The van der Waals surface area contributed by atoms with Gasteiger partial charge in [0.1, 0.15) is 24.1 Å². The molecular weight excluding hydrogens is 588 g/mol. The SMILES string of the molecule is CCC1(CC)C(=O)N(C(CCCCNC(=O)OCc2ccc([N+](=O)[O-])cc2)C(=O)O)C(=O)N([C@@H](CCC(=O)O)C(=O)O)C1=O. The first-order chi connectivity index (χ1) is 20.7. The van der Waals surface area contributed by atoms with Gasteiger partial charge in [-0.05, 0) is 56.2 Å². The molecule has 5 amide bonds. The van der Waals surface area contributed by atoms with Crippen LogP contribution < -0.4 is 5.32 Å². The molecule has 1 unspecified atom stereocenters. The summed E-state index contributed by atoms with van der Waals surface area (Å²) >= 11 is 0. The fourth-order valence-electron chi connectivity index (χ4n) is 4.80. The highest BCUT2D eigenvalue weighted by molar-refractivity contribution is 6.21. The highest BCUT2D eigenvalue weighted by Crippen LogP contribution is 2.39. The van der Waals surface area contributed by atoms with Crippen LogP contribution in [0.2, 0.25) is 0 Å². The molecule has 0 aliphatic carbocycles. The molecule has 4 N–H and O–H groups in total. The average Bonchev–Trinajstić information content (AvgIpc) is 2.97. The van der Waals surface area contributed by atoms with E-state index in [1.165, 1.54) is 38.1 Å². The zero-order valence-corrected chi connectivity index (χ0v) is 24.1. The second-order valence-corrected chi connectivity index (χ2v) is 9.98. The highest BCUT2D eigenvalue weighted by atomic mass is 16.6. The second-order valence-electron chi connectivity index (χ2n) is 9.98. The number of amides is 5. The zero-order chi connectivity index (χ0) is 33.2. The van der Waals surface area contributed by atoms with E-state index in [9.17, 15) is 53.9 Å². The van der Waals surface area contributed by atoms with Crippen molar-refractivity contribution in [1.29, 1.82) is 0 Å². The van der Waals surface area contributed by atoms with Crippen molar-refractivity contribution < 1.29 is 58.5 Å². The molecule has 1 fully saturated rings. The number of carbonyl (C=O) groups excluding carboxylic acids is 4. The van der Waals surface area contributed by atoms with Gasteiger partial charge in [0.25, 0.3) is 5.69 Å². The number of imide groups is 2. The maximum atomic E-state index is 13.5. The Morgan fingerprint density at radius 1 is 0.909 bits per heavy atom. The molecule has 0 radical (unpaired) electrons. The summed E-state index contributed by atoms with van der Waals surface area (Å²) in [5.41, 5.74) is -1.56. The van der Waals surface area contributed by atoms with Crippen LogP contribution in [0.1, 0.15) is 64.4 Å². The van der Waals surface area contributed by atoms with Crippen molar-refractivity contribution in [3.63, 3.8) is 0 Å². The maximum absolute atomic E-state index is 13.5. The number of hydrogen-bond acceptors (Lipinski definition) is 10. The van der Waals surface area contributed by atoms with E-state index in [4.69, 9.17) is 9.84 Å². The monoisotopic (exact) mass is 622 g/mol. The normalized spacial score (nSPS) is 15.8. The van der Waals surface area contributed by atoms with Crippen molar-refractivity contribution in [1.82, 2.24) is 15.1 Å². The molecule has 2 atom stereocenters. The summed E-state index contributed by atoms with van der Waals surface area (Å²) in [5, 5.41) is 41.9. The van der Waals surface area contributed by atoms with Gasteiger partial charge >= 0.3 is 30.0 Å². The van der Waals surface area contributed by atoms with Crippen LogP contribution in [-0.2, 0) is 35.3 Å². The molecule has 240 valence electrons. The van der Waals surface area contributed by atoms with Gasteiger partial charge in [-0.15, -0.1) is 0 Å². The molecule has 1 aliphatic rings. The summed E-state index contributed by atoms with van der Waals surface area (Å²) in [6.07, 6.45) is -2.59. The fraction of sp³-hybridized carbons (Fsp3) is 0.519. The van der Waals surface area contributed by atoms with Crippen molar-refractivity contribution in [3.05, 3.63) is 39.9 Å². The number of nitrogens with one attached hydrogen (secondary N) is 1. The number of hydrogen-bond donors (Lipinski definition) is 4. The van der Waals surface area contributed by atoms with E-state index in [-0.39, 0.29) is 55.8 Å². The Kier molecular flexibility index (Phi) is 12.3. The standard InChI is InChI=1S/C27H34N4O13/c1-3-27(4-2)23(38)29(26(41)30(24(27)39)19(22(36)37)12-13-20(32)33)18(21(34)35)7-5-6-14-28-25(40)44-15-16-8-10-17(11-9-16)31(42)43/h8-11,18-19H,3-7,12-15H2,1-2H3,(H,28,40)(H,32,33)(H,34,35)(H,36,37)/t18?,19-/m0/s1. The third-order valence-electron chi connectivity index (χ3n) is 7.39. The number of nitro benzene ring substituents is 1. The Bertz CT molecular complexity index is 1290. The first-order valence-electron chi connectivity index (χ1n) is 13.7. The Labute approximate surface area is 250 Å². The summed E-state index contributed by atoms with van der Waals surface area (Å²) in [6.45, 7) is 2.77. The van der Waals surface area contributed by atoms with Crippen LogP contribution in [0.3, 0.4) is 0 Å². The Balaban J connectivity index is 2.11. The first-order valence-corrected chi connectivity index (χ1v) is 13.7. The van der Waals surface area contributed by atoms with E-state index in [2.05, 4.69) is 5.32 Å². The number of non-ortho nitro benzene ring substituents is 1. The molecule has 0 saturated carbocycles. The molecule has 1 aromatic carbocycles. The van der Waals surface area contributed by atoms with Crippen LogP contribution in [0.15, 0.2) is 24.3 Å². The third kappa shape index (κ3) is 8.05. The molecule has 1 aromatic rings. The number of barbiturate groups is 1. The van der Waals surface area contributed by atoms with Gasteiger partial charge in [0.2, 0.25) is 11.8 Å². The van der Waals surface area contributed by atoms with E-state index in [0.717, 1.165) is 0 Å². The lowest BCUT2D eigenvalue weighted by molar-refractivity contribution is -0.384. The smallest absolute Gasteiger partial charge is 0.407 e. The van der Waals surface area contributed by atoms with Crippen molar-refractivity contribution in [2.75, 3.05) is 6.54 Å². The summed E-state index contributed by atoms with van der Waals surface area (Å²) in [7, 11) is 0. The number of nitrogens with zero attached hydrogens (tertiary/aromatic N) is 3. The molecular formula is C27H34N4O13. The van der Waals surface area contributed by atoms with Gasteiger partial charge in [0.05, 0.1) is 4.92 Å². The van der Waals surface area contributed by atoms with Crippen LogP contribution >= 0.6 is 0 Å². The molecule has 0 bridgehead atoms. The summed E-state index contributed by atoms with van der Waals surface area (Å²) in [6, 6.07) is 0.158. The third-order valence-corrected chi connectivity index (χ3v) is 7.39. The topological polar surface area (TPSA) is 251 Å². The molecule has 17 nitrogen and oxygen atoms in total. The molecule has 2 rings (SSSR count). The average molecular weight is 623 g/mol. The lowest BCUT2D eigenvalue weighted by Gasteiger charge is -2.46. The minimum absolute atomic E-state index is 0.0159. The van der Waals surface area contributed by atoms with Gasteiger partial charge in [-0.2, -0.15) is 0 Å². The number of carbonyl (C=O) groups is 7. The van der Waals surface area contributed by atoms with Crippen LogP contribution in [0.25, 0.3) is 0 Å². The number of unbranched alkanes of at least 4 members (excludes halogenated alkanes) is 1. The lowest BCUT2D eigenvalue weighted by Crippen LogP contribution is -2.70. The van der Waals surface area contributed by atoms with Gasteiger partial charge in [0, 0.05) is 25.1 Å². The van der Waals surface area contributed by atoms with Crippen molar-refractivity contribution >= 4 is 47.5 Å². The Hall–Kier alpha value is -5.09. The van der Waals surface area contributed by atoms with E-state index in [1.54, 1.807) is 0 Å². The molecule has 1 heterocycles. The van der Waals surface area contributed by atoms with Crippen molar-refractivity contribution in [3.8, 4) is 0 Å². The van der Waals surface area contributed by atoms with Gasteiger partial charge in [-0.25, -0.2) is 29.0 Å². The molecule has 0 spiro atoms. The first kappa shape index (κ1) is 35.1. The van der Waals surface area contributed by atoms with Gasteiger partial charge in [-0.3, -0.25) is 24.5 Å². The summed E-state index contributed by atoms with van der Waals surface area (Å²) in [5.74, 6) is -6.88. The summed E-state index contributed by atoms with van der Waals surface area (Å²) in [4.78, 5) is 98.6. The van der Waals surface area contributed by atoms with Crippen LogP contribution in [0.4, 0.5) is 15.3 Å². The van der Waals surface area contributed by atoms with E-state index >= 15 is 0 Å². The zero-order valence-electron chi connectivity index (χ0n) is 24.1. The molecule has 1 aliphatic heterocycles. The number of urea groups is 1. The highest BCUT2D eigenvalue weighted by Gasteiger charge is 2.59. The summed E-state index contributed by atoms with van der Waals surface area (Å²) < 4.78 is 5.03.